The topological polar surface area (TPSA) is 69.9 Å². The van der Waals surface area contributed by atoms with Gasteiger partial charge in [0.1, 0.15) is 0 Å². The van der Waals surface area contributed by atoms with E-state index in [-0.39, 0.29) is 11.8 Å². The third-order valence-electron chi connectivity index (χ3n) is 1.96. The van der Waals surface area contributed by atoms with Gasteiger partial charge in [-0.25, -0.2) is 0 Å². The Bertz CT molecular complexity index is 357. The fraction of sp³-hybridized carbons (Fsp3) is 0.556. The minimum Gasteiger partial charge on any atom is -0.336 e. The van der Waals surface area contributed by atoms with Crippen LogP contribution in [0.1, 0.15) is 24.3 Å². The van der Waals surface area contributed by atoms with Gasteiger partial charge >= 0.3 is 0 Å². The fourth-order valence-electron chi connectivity index (χ4n) is 1.15. The number of amides is 1. The Hall–Kier alpha value is -1.48. The van der Waals surface area contributed by atoms with Crippen LogP contribution in [-0.2, 0) is 0 Å². The van der Waals surface area contributed by atoms with Crippen molar-refractivity contribution in [2.45, 2.75) is 13.8 Å². The molecule has 1 atom stereocenters. The third-order valence-corrected chi connectivity index (χ3v) is 2.47. The Kier molecular flexibility index (Phi) is 4.18. The van der Waals surface area contributed by atoms with Gasteiger partial charge in [0.2, 0.25) is 0 Å². The van der Waals surface area contributed by atoms with E-state index in [2.05, 4.69) is 15.7 Å². The van der Waals surface area contributed by atoms with Gasteiger partial charge in [0.05, 0.1) is 12.0 Å². The van der Waals surface area contributed by atoms with Gasteiger partial charge in [-0.15, -0.1) is 5.10 Å². The molecule has 0 saturated carbocycles. The molecule has 1 heterocycles. The molecule has 1 unspecified atom stereocenters. The van der Waals surface area contributed by atoms with E-state index < -0.39 is 0 Å². The van der Waals surface area contributed by atoms with E-state index >= 15 is 0 Å². The first-order valence-corrected chi connectivity index (χ1v) is 5.48. The van der Waals surface area contributed by atoms with Crippen LogP contribution in [-0.4, -0.2) is 33.5 Å². The Morgan fingerprint density at radius 2 is 2.53 bits per heavy atom. The van der Waals surface area contributed by atoms with Gasteiger partial charge in [0.25, 0.3) is 5.91 Å². The number of carbonyl (C=O) groups is 1. The molecule has 1 aromatic rings. The second-order valence-electron chi connectivity index (χ2n) is 3.16. The van der Waals surface area contributed by atoms with Gasteiger partial charge in [-0.05, 0) is 25.4 Å². The minimum atomic E-state index is -0.166. The number of nitrogens with zero attached hydrogens (tertiary/aromatic N) is 4. The molecule has 15 heavy (non-hydrogen) atoms. The Balaban J connectivity index is 2.68. The first kappa shape index (κ1) is 11.6. The highest BCUT2D eigenvalue weighted by atomic mass is 32.1. The molecule has 0 aliphatic carbocycles. The molecule has 0 radical (unpaired) electrons. The van der Waals surface area contributed by atoms with Crippen LogP contribution in [0, 0.1) is 17.2 Å². The number of hydrogen-bond donors (Lipinski definition) is 0. The molecule has 0 aliphatic heterocycles. The van der Waals surface area contributed by atoms with Crippen LogP contribution in [0.5, 0.6) is 0 Å². The summed E-state index contributed by atoms with van der Waals surface area (Å²) in [6, 6.07) is 2.10. The smallest absolute Gasteiger partial charge is 0.275 e. The van der Waals surface area contributed by atoms with Crippen LogP contribution in [0.15, 0.2) is 5.38 Å². The van der Waals surface area contributed by atoms with Gasteiger partial charge in [-0.3, -0.25) is 4.79 Å². The number of nitriles is 1. The molecule has 6 heteroatoms. The molecule has 1 amide bonds. The molecule has 0 aromatic carbocycles. The van der Waals surface area contributed by atoms with Crippen LogP contribution >= 0.6 is 11.5 Å². The minimum absolute atomic E-state index is 0.159. The van der Waals surface area contributed by atoms with E-state index in [1.807, 2.05) is 6.92 Å². The van der Waals surface area contributed by atoms with Gasteiger partial charge in [0.15, 0.2) is 5.69 Å². The quantitative estimate of drug-likeness (QED) is 0.769. The average Bonchev–Trinajstić information content (AvgIpc) is 2.77. The predicted octanol–water partition coefficient (Wildman–Crippen LogP) is 1.16. The summed E-state index contributed by atoms with van der Waals surface area (Å²) in [6.45, 7) is 4.67. The highest BCUT2D eigenvalue weighted by Crippen LogP contribution is 2.06. The molecule has 0 bridgehead atoms. The van der Waals surface area contributed by atoms with E-state index in [1.54, 1.807) is 17.2 Å². The third kappa shape index (κ3) is 2.99. The van der Waals surface area contributed by atoms with Gasteiger partial charge in [0, 0.05) is 18.5 Å². The van der Waals surface area contributed by atoms with Gasteiger partial charge in [-0.2, -0.15) is 5.26 Å². The lowest BCUT2D eigenvalue weighted by molar-refractivity contribution is 0.0747. The van der Waals surface area contributed by atoms with E-state index in [0.29, 0.717) is 18.8 Å². The normalized spacial score (nSPS) is 11.8. The first-order valence-electron chi connectivity index (χ1n) is 4.65. The van der Waals surface area contributed by atoms with Crippen LogP contribution in [0.4, 0.5) is 0 Å². The summed E-state index contributed by atoms with van der Waals surface area (Å²) in [5.74, 6) is -0.325. The summed E-state index contributed by atoms with van der Waals surface area (Å²) in [5, 5.41) is 14.0. The number of aromatic nitrogens is 2. The Morgan fingerprint density at radius 1 is 1.80 bits per heavy atom. The van der Waals surface area contributed by atoms with Gasteiger partial charge < -0.3 is 4.90 Å². The molecule has 0 fully saturated rings. The molecular formula is C9H12N4OS. The van der Waals surface area contributed by atoms with Crippen molar-refractivity contribution in [3.05, 3.63) is 11.1 Å². The summed E-state index contributed by atoms with van der Waals surface area (Å²) in [5.41, 5.74) is 0.354. The van der Waals surface area contributed by atoms with Crippen molar-refractivity contribution < 1.29 is 4.79 Å². The lowest BCUT2D eigenvalue weighted by Gasteiger charge is -2.20. The first-order chi connectivity index (χ1) is 7.19. The van der Waals surface area contributed by atoms with E-state index in [9.17, 15) is 4.79 Å². The van der Waals surface area contributed by atoms with E-state index in [1.165, 1.54) is 0 Å². The summed E-state index contributed by atoms with van der Waals surface area (Å²) in [7, 11) is 0. The zero-order valence-electron chi connectivity index (χ0n) is 8.67. The van der Waals surface area contributed by atoms with Crippen molar-refractivity contribution in [3.63, 3.8) is 0 Å². The Morgan fingerprint density at radius 3 is 3.00 bits per heavy atom. The predicted molar refractivity (Wildman–Crippen MR) is 56.3 cm³/mol. The fourth-order valence-corrected chi connectivity index (χ4v) is 1.58. The molecule has 0 spiro atoms. The van der Waals surface area contributed by atoms with Crippen molar-refractivity contribution in [3.8, 4) is 6.07 Å². The maximum absolute atomic E-state index is 11.8. The molecular weight excluding hydrogens is 212 g/mol. The van der Waals surface area contributed by atoms with E-state index in [0.717, 1.165) is 11.5 Å². The molecule has 0 aliphatic rings. The van der Waals surface area contributed by atoms with Crippen LogP contribution in [0.3, 0.4) is 0 Å². The number of hydrogen-bond acceptors (Lipinski definition) is 5. The lowest BCUT2D eigenvalue weighted by atomic mass is 10.2. The number of carbonyl (C=O) groups excluding carboxylic acids is 1. The van der Waals surface area contributed by atoms with Crippen molar-refractivity contribution in [2.24, 2.45) is 5.92 Å². The SMILES string of the molecule is CCN(CC(C)C#N)C(=O)c1csnn1. The van der Waals surface area contributed by atoms with Crippen molar-refractivity contribution >= 4 is 17.4 Å². The van der Waals surface area contributed by atoms with Crippen molar-refractivity contribution in [1.82, 2.24) is 14.5 Å². The second kappa shape index (κ2) is 5.41. The largest absolute Gasteiger partial charge is 0.336 e. The summed E-state index contributed by atoms with van der Waals surface area (Å²) >= 11 is 1.15. The number of rotatable bonds is 4. The van der Waals surface area contributed by atoms with E-state index in [4.69, 9.17) is 5.26 Å². The molecule has 5 nitrogen and oxygen atoms in total. The second-order valence-corrected chi connectivity index (χ2v) is 3.77. The van der Waals surface area contributed by atoms with Crippen LogP contribution in [0.2, 0.25) is 0 Å². The van der Waals surface area contributed by atoms with Crippen molar-refractivity contribution in [1.29, 1.82) is 5.26 Å². The lowest BCUT2D eigenvalue weighted by Crippen LogP contribution is -2.34. The summed E-state index contributed by atoms with van der Waals surface area (Å²) in [6.07, 6.45) is 0. The standard InChI is InChI=1S/C9H12N4OS/c1-3-13(5-7(2)4-10)9(14)8-6-15-12-11-8/h6-7H,3,5H2,1-2H3. The zero-order valence-corrected chi connectivity index (χ0v) is 9.49. The summed E-state index contributed by atoms with van der Waals surface area (Å²) in [4.78, 5) is 13.4. The Labute approximate surface area is 92.5 Å². The molecule has 80 valence electrons. The summed E-state index contributed by atoms with van der Waals surface area (Å²) < 4.78 is 3.64. The molecule has 1 rings (SSSR count). The zero-order chi connectivity index (χ0) is 11.3. The maximum Gasteiger partial charge on any atom is 0.275 e. The maximum atomic E-state index is 11.8. The molecule has 0 N–H and O–H groups in total. The average molecular weight is 224 g/mol. The van der Waals surface area contributed by atoms with Crippen LogP contribution < -0.4 is 0 Å². The van der Waals surface area contributed by atoms with Crippen molar-refractivity contribution in [2.75, 3.05) is 13.1 Å². The monoisotopic (exact) mass is 224 g/mol. The molecule has 0 saturated heterocycles. The molecule has 1 aromatic heterocycles. The highest BCUT2D eigenvalue weighted by Gasteiger charge is 2.18. The van der Waals surface area contributed by atoms with Crippen LogP contribution in [0.25, 0.3) is 0 Å². The van der Waals surface area contributed by atoms with Gasteiger partial charge in [-0.1, -0.05) is 4.49 Å². The highest BCUT2D eigenvalue weighted by molar-refractivity contribution is 7.03.